The number of anilines is 1. The molecule has 0 spiro atoms. The molecule has 0 saturated carbocycles. The number of nitrogens with zero attached hydrogens (tertiary/aromatic N) is 2. The van der Waals surface area contributed by atoms with Crippen molar-refractivity contribution in [3.63, 3.8) is 0 Å². The van der Waals surface area contributed by atoms with E-state index in [1.165, 1.54) is 0 Å². The molecule has 0 bridgehead atoms. The van der Waals surface area contributed by atoms with Crippen molar-refractivity contribution in [3.8, 4) is 0 Å². The molecule has 1 N–H and O–H groups in total. The van der Waals surface area contributed by atoms with Crippen molar-refractivity contribution < 1.29 is 21.6 Å². The van der Waals surface area contributed by atoms with Gasteiger partial charge in [0, 0.05) is 19.6 Å². The van der Waals surface area contributed by atoms with Gasteiger partial charge in [-0.05, 0) is 43.0 Å². The molecule has 148 valence electrons. The fourth-order valence-electron chi connectivity index (χ4n) is 3.36. The normalized spacial score (nSPS) is 16.0. The largest absolute Gasteiger partial charge is 0.423 e. The van der Waals surface area contributed by atoms with Gasteiger partial charge in [0.2, 0.25) is 10.0 Å². The number of fused-ring (bicyclic) bond motifs is 1. The van der Waals surface area contributed by atoms with E-state index < -0.39 is 26.6 Å². The summed E-state index contributed by atoms with van der Waals surface area (Å²) in [6.45, 7) is 1.44. The highest BCUT2D eigenvalue weighted by molar-refractivity contribution is 7.89. The van der Waals surface area contributed by atoms with Crippen LogP contribution in [0.5, 0.6) is 0 Å². The first-order valence-corrected chi connectivity index (χ1v) is 10.5. The molecule has 2 aromatic carbocycles. The lowest BCUT2D eigenvalue weighted by Gasteiger charge is -2.30. The van der Waals surface area contributed by atoms with E-state index in [0.717, 1.165) is 29.3 Å². The molecule has 1 fully saturated rings. The first-order chi connectivity index (χ1) is 13.4. The summed E-state index contributed by atoms with van der Waals surface area (Å²) in [5, 5.41) is 0. The maximum Gasteiger partial charge on any atom is 0.298 e. The van der Waals surface area contributed by atoms with Crippen molar-refractivity contribution in [1.82, 2.24) is 9.71 Å². The van der Waals surface area contributed by atoms with E-state index in [-0.39, 0.29) is 12.5 Å². The highest BCUT2D eigenvalue weighted by Crippen LogP contribution is 2.26. The zero-order chi connectivity index (χ0) is 19.7. The van der Waals surface area contributed by atoms with Crippen molar-refractivity contribution in [1.29, 1.82) is 0 Å². The smallest absolute Gasteiger partial charge is 0.298 e. The van der Waals surface area contributed by atoms with Gasteiger partial charge in [0.25, 0.3) is 6.01 Å². The van der Waals surface area contributed by atoms with Crippen LogP contribution in [-0.2, 0) is 10.0 Å². The molecule has 1 saturated heterocycles. The Kier molecular flexibility index (Phi) is 5.03. The van der Waals surface area contributed by atoms with Gasteiger partial charge in [-0.1, -0.05) is 18.2 Å². The van der Waals surface area contributed by atoms with E-state index in [0.29, 0.717) is 31.9 Å². The fourth-order valence-corrected chi connectivity index (χ4v) is 4.61. The topological polar surface area (TPSA) is 75.4 Å². The molecular weight excluding hydrogens is 388 g/mol. The molecular formula is C19H19F2N3O3S. The minimum absolute atomic E-state index is 0.0604. The molecule has 0 amide bonds. The highest BCUT2D eigenvalue weighted by atomic mass is 32.2. The van der Waals surface area contributed by atoms with Crippen LogP contribution in [0.1, 0.15) is 12.8 Å². The van der Waals surface area contributed by atoms with Crippen LogP contribution in [0, 0.1) is 17.6 Å². The minimum atomic E-state index is -4.25. The zero-order valence-corrected chi connectivity index (χ0v) is 15.8. The van der Waals surface area contributed by atoms with Crippen LogP contribution in [0.15, 0.2) is 51.8 Å². The van der Waals surface area contributed by atoms with E-state index in [9.17, 15) is 17.2 Å². The molecule has 6 nitrogen and oxygen atoms in total. The summed E-state index contributed by atoms with van der Waals surface area (Å²) in [5.74, 6) is -2.14. The summed E-state index contributed by atoms with van der Waals surface area (Å²) in [5.41, 5.74) is 1.51. The number of sulfonamides is 1. The molecule has 2 heterocycles. The van der Waals surface area contributed by atoms with Crippen molar-refractivity contribution in [2.45, 2.75) is 17.7 Å². The van der Waals surface area contributed by atoms with Gasteiger partial charge in [0.05, 0.1) is 0 Å². The van der Waals surface area contributed by atoms with Crippen LogP contribution in [0.4, 0.5) is 14.8 Å². The molecule has 1 aromatic heterocycles. The Morgan fingerprint density at radius 1 is 1.07 bits per heavy atom. The Labute approximate surface area is 161 Å². The molecule has 3 aromatic rings. The Morgan fingerprint density at radius 2 is 1.75 bits per heavy atom. The van der Waals surface area contributed by atoms with Gasteiger partial charge in [-0.2, -0.15) is 4.98 Å². The Hall–Kier alpha value is -2.52. The third-order valence-corrected chi connectivity index (χ3v) is 6.39. The first-order valence-electron chi connectivity index (χ1n) is 8.98. The summed E-state index contributed by atoms with van der Waals surface area (Å²) < 4.78 is 60.2. The van der Waals surface area contributed by atoms with Crippen molar-refractivity contribution in [2.75, 3.05) is 24.5 Å². The van der Waals surface area contributed by atoms with E-state index in [2.05, 4.69) is 9.71 Å². The number of halogens is 2. The van der Waals surface area contributed by atoms with Gasteiger partial charge in [-0.25, -0.2) is 21.9 Å². The maximum absolute atomic E-state index is 13.8. The second-order valence-corrected chi connectivity index (χ2v) is 8.50. The van der Waals surface area contributed by atoms with Crippen LogP contribution < -0.4 is 9.62 Å². The molecule has 4 rings (SSSR count). The van der Waals surface area contributed by atoms with Gasteiger partial charge in [0.1, 0.15) is 17.2 Å². The minimum Gasteiger partial charge on any atom is -0.423 e. The summed E-state index contributed by atoms with van der Waals surface area (Å²) in [4.78, 5) is 5.55. The molecule has 0 aliphatic carbocycles. The van der Waals surface area contributed by atoms with Crippen molar-refractivity contribution in [3.05, 3.63) is 54.1 Å². The maximum atomic E-state index is 13.8. The highest BCUT2D eigenvalue weighted by Gasteiger charge is 2.27. The number of hydrogen-bond acceptors (Lipinski definition) is 5. The van der Waals surface area contributed by atoms with Crippen LogP contribution in [-0.4, -0.2) is 33.0 Å². The van der Waals surface area contributed by atoms with E-state index >= 15 is 0 Å². The van der Waals surface area contributed by atoms with Gasteiger partial charge >= 0.3 is 0 Å². The molecule has 0 unspecified atom stereocenters. The van der Waals surface area contributed by atoms with E-state index in [1.807, 2.05) is 29.2 Å². The lowest BCUT2D eigenvalue weighted by molar-refractivity contribution is 0.387. The lowest BCUT2D eigenvalue weighted by Crippen LogP contribution is -2.39. The number of para-hydroxylation sites is 2. The number of benzene rings is 2. The predicted octanol–water partition coefficient (Wildman–Crippen LogP) is 3.30. The first kappa shape index (κ1) is 18.8. The van der Waals surface area contributed by atoms with Crippen LogP contribution in [0.3, 0.4) is 0 Å². The second kappa shape index (κ2) is 7.48. The summed E-state index contributed by atoms with van der Waals surface area (Å²) >= 11 is 0. The zero-order valence-electron chi connectivity index (χ0n) is 14.9. The Morgan fingerprint density at radius 3 is 2.43 bits per heavy atom. The molecule has 28 heavy (non-hydrogen) atoms. The van der Waals surface area contributed by atoms with E-state index in [4.69, 9.17) is 4.42 Å². The third-order valence-electron chi connectivity index (χ3n) is 4.92. The number of aromatic nitrogens is 1. The number of nitrogens with one attached hydrogen (secondary N) is 1. The van der Waals surface area contributed by atoms with Crippen molar-refractivity contribution >= 4 is 27.1 Å². The number of oxazole rings is 1. The van der Waals surface area contributed by atoms with Gasteiger partial charge in [-0.3, -0.25) is 0 Å². The van der Waals surface area contributed by atoms with Crippen LogP contribution in [0.2, 0.25) is 0 Å². The van der Waals surface area contributed by atoms with Crippen LogP contribution in [0.25, 0.3) is 11.1 Å². The Bertz CT molecular complexity index is 1040. The molecule has 0 atom stereocenters. The summed E-state index contributed by atoms with van der Waals surface area (Å²) in [6.07, 6.45) is 1.42. The van der Waals surface area contributed by atoms with Gasteiger partial charge in [-0.15, -0.1) is 0 Å². The number of piperidine rings is 1. The van der Waals surface area contributed by atoms with Crippen LogP contribution >= 0.6 is 0 Å². The number of rotatable bonds is 5. The molecule has 1 aliphatic rings. The predicted molar refractivity (Wildman–Crippen MR) is 100 cm³/mol. The summed E-state index contributed by atoms with van der Waals surface area (Å²) in [7, 11) is -4.25. The summed E-state index contributed by atoms with van der Waals surface area (Å²) in [6, 6.07) is 11.0. The lowest BCUT2D eigenvalue weighted by atomic mass is 9.97. The van der Waals surface area contributed by atoms with Gasteiger partial charge in [0.15, 0.2) is 10.5 Å². The van der Waals surface area contributed by atoms with E-state index in [1.54, 1.807) is 0 Å². The standard InChI is InChI=1S/C19H19F2N3O3S/c20-14-4-3-5-15(21)18(14)28(25,26)22-12-13-8-10-24(11-9-13)19-23-16-6-1-2-7-17(16)27-19/h1-7,13,22H,8-12H2. The fraction of sp³-hybridized carbons (Fsp3) is 0.316. The number of hydrogen-bond donors (Lipinski definition) is 1. The second-order valence-electron chi connectivity index (χ2n) is 6.80. The monoisotopic (exact) mass is 407 g/mol. The third kappa shape index (κ3) is 3.72. The molecule has 9 heteroatoms. The average Bonchev–Trinajstić information content (AvgIpc) is 3.11. The molecule has 1 aliphatic heterocycles. The van der Waals surface area contributed by atoms with Gasteiger partial charge < -0.3 is 9.32 Å². The SMILES string of the molecule is O=S(=O)(NCC1CCN(c2nc3ccccc3o2)CC1)c1c(F)cccc1F. The average molecular weight is 407 g/mol. The van der Waals surface area contributed by atoms with Crippen molar-refractivity contribution in [2.24, 2.45) is 5.92 Å². The quantitative estimate of drug-likeness (QED) is 0.702. The molecule has 0 radical (unpaired) electrons. The Balaban J connectivity index is 1.37.